The molecule has 1 amide bonds. The number of sulfonamides is 1. The molecule has 0 aliphatic heterocycles. The summed E-state index contributed by atoms with van der Waals surface area (Å²) >= 11 is 0. The van der Waals surface area contributed by atoms with Crippen molar-refractivity contribution < 1.29 is 13.2 Å². The molecule has 0 heterocycles. The molecule has 0 unspecified atom stereocenters. The molecule has 1 aliphatic carbocycles. The van der Waals surface area contributed by atoms with E-state index in [1.165, 1.54) is 36.7 Å². The number of benzene rings is 3. The fraction of sp³-hybridized carbons (Fsp3) is 0.261. The number of carbonyl (C=O) groups excluding carboxylic acids is 1. The van der Waals surface area contributed by atoms with E-state index in [2.05, 4.69) is 34.9 Å². The Labute approximate surface area is 177 Å². The molecule has 0 fully saturated rings. The van der Waals surface area contributed by atoms with Crippen molar-refractivity contribution in [3.05, 3.63) is 65.2 Å². The van der Waals surface area contributed by atoms with Crippen molar-refractivity contribution in [2.45, 2.75) is 24.7 Å². The Morgan fingerprint density at radius 2 is 1.77 bits per heavy atom. The summed E-state index contributed by atoms with van der Waals surface area (Å²) in [6, 6.07) is 15.3. The minimum atomic E-state index is -3.58. The van der Waals surface area contributed by atoms with Crippen LogP contribution < -0.4 is 10.6 Å². The molecule has 0 saturated carbocycles. The summed E-state index contributed by atoms with van der Waals surface area (Å²) in [5, 5.41) is 8.44. The fourth-order valence-electron chi connectivity index (χ4n) is 3.93. The zero-order valence-corrected chi connectivity index (χ0v) is 18.1. The van der Waals surface area contributed by atoms with Crippen molar-refractivity contribution in [1.82, 2.24) is 4.31 Å². The Balaban J connectivity index is 1.50. The maximum atomic E-state index is 12.5. The summed E-state index contributed by atoms with van der Waals surface area (Å²) in [6.45, 7) is 1.82. The highest BCUT2D eigenvalue weighted by Gasteiger charge is 2.20. The molecule has 0 saturated heterocycles. The number of hydrogen-bond acceptors (Lipinski definition) is 4. The third-order valence-corrected chi connectivity index (χ3v) is 7.50. The summed E-state index contributed by atoms with van der Waals surface area (Å²) in [4.78, 5) is 12.7. The monoisotopic (exact) mass is 423 g/mol. The van der Waals surface area contributed by atoms with Crippen molar-refractivity contribution in [2.24, 2.45) is 0 Å². The summed E-state index contributed by atoms with van der Waals surface area (Å²) < 4.78 is 26.1. The van der Waals surface area contributed by atoms with Crippen LogP contribution in [0, 0.1) is 6.92 Å². The number of aryl methyl sites for hydroxylation is 3. The van der Waals surface area contributed by atoms with E-state index in [4.69, 9.17) is 0 Å². The first kappa shape index (κ1) is 20.4. The van der Waals surface area contributed by atoms with Gasteiger partial charge in [0.25, 0.3) is 0 Å². The molecule has 7 heteroatoms. The molecular weight excluding hydrogens is 398 g/mol. The van der Waals surface area contributed by atoms with Crippen LogP contribution in [0.2, 0.25) is 0 Å². The number of nitrogens with zero attached hydrogens (tertiary/aromatic N) is 1. The Morgan fingerprint density at radius 1 is 1.03 bits per heavy atom. The number of anilines is 2. The lowest BCUT2D eigenvalue weighted by Gasteiger charge is -2.15. The van der Waals surface area contributed by atoms with Crippen LogP contribution in [0.15, 0.2) is 53.4 Å². The molecular formula is C23H25N3O3S. The molecule has 0 aromatic heterocycles. The van der Waals surface area contributed by atoms with Crippen LogP contribution in [-0.2, 0) is 27.7 Å². The van der Waals surface area contributed by atoms with Crippen molar-refractivity contribution in [3.63, 3.8) is 0 Å². The van der Waals surface area contributed by atoms with Crippen LogP contribution in [0.4, 0.5) is 11.4 Å². The van der Waals surface area contributed by atoms with Crippen LogP contribution in [0.25, 0.3) is 10.8 Å². The third kappa shape index (κ3) is 3.66. The number of rotatable bonds is 6. The van der Waals surface area contributed by atoms with Crippen LogP contribution in [0.1, 0.15) is 16.7 Å². The van der Waals surface area contributed by atoms with Gasteiger partial charge in [0.05, 0.1) is 11.4 Å². The predicted octanol–water partition coefficient (Wildman–Crippen LogP) is 3.55. The molecule has 0 bridgehead atoms. The summed E-state index contributed by atoms with van der Waals surface area (Å²) in [5.74, 6) is -0.240. The lowest BCUT2D eigenvalue weighted by molar-refractivity contribution is -0.114. The van der Waals surface area contributed by atoms with E-state index in [1.54, 1.807) is 19.1 Å². The average molecular weight is 424 g/mol. The van der Waals surface area contributed by atoms with Gasteiger partial charge in [-0.2, -0.15) is 0 Å². The van der Waals surface area contributed by atoms with Gasteiger partial charge < -0.3 is 10.6 Å². The first-order chi connectivity index (χ1) is 14.3. The van der Waals surface area contributed by atoms with Gasteiger partial charge in [-0.05, 0) is 60.0 Å². The molecule has 30 heavy (non-hydrogen) atoms. The second kappa shape index (κ2) is 7.74. The molecule has 2 N–H and O–H groups in total. The van der Waals surface area contributed by atoms with Gasteiger partial charge in [0.15, 0.2) is 0 Å². The van der Waals surface area contributed by atoms with Gasteiger partial charge in [0.2, 0.25) is 15.9 Å². The Kier molecular flexibility index (Phi) is 5.26. The van der Waals surface area contributed by atoms with Crippen LogP contribution in [0.5, 0.6) is 0 Å². The first-order valence-corrected chi connectivity index (χ1v) is 11.3. The Bertz CT molecular complexity index is 1240. The Morgan fingerprint density at radius 3 is 2.50 bits per heavy atom. The first-order valence-electron chi connectivity index (χ1n) is 9.88. The lowest BCUT2D eigenvalue weighted by atomic mass is 10.0. The van der Waals surface area contributed by atoms with Gasteiger partial charge in [0, 0.05) is 30.9 Å². The van der Waals surface area contributed by atoms with E-state index >= 15 is 0 Å². The van der Waals surface area contributed by atoms with Crippen molar-refractivity contribution in [2.75, 3.05) is 31.3 Å². The molecule has 0 atom stereocenters. The quantitative estimate of drug-likeness (QED) is 0.636. The highest BCUT2D eigenvalue weighted by molar-refractivity contribution is 7.89. The van der Waals surface area contributed by atoms with Crippen molar-refractivity contribution >= 4 is 38.1 Å². The zero-order chi connectivity index (χ0) is 21.5. The molecule has 1 aliphatic rings. The molecule has 0 radical (unpaired) electrons. The van der Waals surface area contributed by atoms with E-state index in [-0.39, 0.29) is 17.3 Å². The molecule has 156 valence electrons. The van der Waals surface area contributed by atoms with Crippen molar-refractivity contribution in [1.29, 1.82) is 0 Å². The minimum Gasteiger partial charge on any atom is -0.376 e. The number of amides is 1. The van der Waals surface area contributed by atoms with Gasteiger partial charge in [0.1, 0.15) is 0 Å². The second-order valence-electron chi connectivity index (χ2n) is 7.78. The highest BCUT2D eigenvalue weighted by atomic mass is 32.2. The van der Waals surface area contributed by atoms with Gasteiger partial charge in [-0.1, -0.05) is 30.3 Å². The molecule has 3 aromatic rings. The maximum Gasteiger partial charge on any atom is 0.243 e. The third-order valence-electron chi connectivity index (χ3n) is 5.55. The van der Waals surface area contributed by atoms with Crippen LogP contribution >= 0.6 is 0 Å². The van der Waals surface area contributed by atoms with E-state index in [0.717, 1.165) is 28.2 Å². The number of carbonyl (C=O) groups is 1. The lowest BCUT2D eigenvalue weighted by Crippen LogP contribution is -2.24. The summed E-state index contributed by atoms with van der Waals surface area (Å²) in [6.07, 6.45) is 2.12. The largest absolute Gasteiger partial charge is 0.376 e. The smallest absolute Gasteiger partial charge is 0.243 e. The van der Waals surface area contributed by atoms with E-state index in [9.17, 15) is 13.2 Å². The van der Waals surface area contributed by atoms with Crippen LogP contribution in [-0.4, -0.2) is 39.3 Å². The summed E-state index contributed by atoms with van der Waals surface area (Å²) in [7, 11) is -0.605. The standard InChI is InChI=1S/C23H25N3O3S/c1-15-7-11-18(13-21(15)30(28,29)26(2)3)25-22(27)14-24-20-12-10-17-9-8-16-5-4-6-19(20)23(16)17/h4-7,10-13,24H,8-9,14H2,1-3H3,(H,25,27). The summed E-state index contributed by atoms with van der Waals surface area (Å²) in [5.41, 5.74) is 4.71. The zero-order valence-electron chi connectivity index (χ0n) is 17.3. The molecule has 4 rings (SSSR count). The normalized spacial score (nSPS) is 13.1. The van der Waals surface area contributed by atoms with E-state index < -0.39 is 10.0 Å². The van der Waals surface area contributed by atoms with E-state index in [0.29, 0.717) is 11.3 Å². The topological polar surface area (TPSA) is 78.5 Å². The average Bonchev–Trinajstić information content (AvgIpc) is 3.13. The number of hydrogen-bond donors (Lipinski definition) is 2. The Hall–Kier alpha value is -2.90. The van der Waals surface area contributed by atoms with Crippen LogP contribution in [0.3, 0.4) is 0 Å². The van der Waals surface area contributed by atoms with Gasteiger partial charge in [-0.3, -0.25) is 4.79 Å². The number of nitrogens with one attached hydrogen (secondary N) is 2. The highest BCUT2D eigenvalue weighted by Crippen LogP contribution is 2.34. The predicted molar refractivity (Wildman–Crippen MR) is 121 cm³/mol. The SMILES string of the molecule is Cc1ccc(NC(=O)CNc2ccc3c4c(cccc24)CC3)cc1S(=O)(=O)N(C)C. The fourth-order valence-corrected chi connectivity index (χ4v) is 5.08. The van der Waals surface area contributed by atoms with Gasteiger partial charge >= 0.3 is 0 Å². The van der Waals surface area contributed by atoms with Gasteiger partial charge in [-0.25, -0.2) is 12.7 Å². The van der Waals surface area contributed by atoms with E-state index in [1.807, 2.05) is 6.07 Å². The minimum absolute atomic E-state index is 0.0856. The maximum absolute atomic E-state index is 12.5. The molecule has 3 aromatic carbocycles. The van der Waals surface area contributed by atoms with Crippen molar-refractivity contribution in [3.8, 4) is 0 Å². The van der Waals surface area contributed by atoms with Gasteiger partial charge in [-0.15, -0.1) is 0 Å². The second-order valence-corrected chi connectivity index (χ2v) is 9.90. The molecule has 0 spiro atoms. The molecule has 6 nitrogen and oxygen atoms in total.